The van der Waals surface area contributed by atoms with Crippen molar-refractivity contribution in [3.63, 3.8) is 0 Å². The zero-order valence-corrected chi connectivity index (χ0v) is 17.2. The molecule has 2 amide bonds. The van der Waals surface area contributed by atoms with Crippen LogP contribution >= 0.6 is 0 Å². The van der Waals surface area contributed by atoms with Crippen LogP contribution < -0.4 is 10.6 Å². The number of benzene rings is 3. The predicted molar refractivity (Wildman–Crippen MR) is 123 cm³/mol. The van der Waals surface area contributed by atoms with Gasteiger partial charge in [-0.15, -0.1) is 5.10 Å². The summed E-state index contributed by atoms with van der Waals surface area (Å²) in [7, 11) is 0. The van der Waals surface area contributed by atoms with Gasteiger partial charge in [-0.25, -0.2) is 9.67 Å². The lowest BCUT2D eigenvalue weighted by Crippen LogP contribution is -2.15. The minimum Gasteiger partial charge on any atom is -0.326 e. The second-order valence-electron chi connectivity index (χ2n) is 7.67. The fourth-order valence-electron chi connectivity index (χ4n) is 3.35. The van der Waals surface area contributed by atoms with Crippen molar-refractivity contribution in [3.05, 3.63) is 90.8 Å². The van der Waals surface area contributed by atoms with Crippen LogP contribution in [0.15, 0.2) is 84.9 Å². The molecule has 1 heterocycles. The molecule has 7 nitrogen and oxygen atoms in total. The molecule has 1 aliphatic rings. The first-order valence-electron chi connectivity index (χ1n) is 10.5. The first-order valence-corrected chi connectivity index (χ1v) is 10.5. The highest BCUT2D eigenvalue weighted by Gasteiger charge is 2.29. The van der Waals surface area contributed by atoms with E-state index < -0.39 is 5.91 Å². The van der Waals surface area contributed by atoms with Gasteiger partial charge in [0.2, 0.25) is 11.7 Å². The maximum absolute atomic E-state index is 12.9. The summed E-state index contributed by atoms with van der Waals surface area (Å²) in [6.45, 7) is 0. The molecule has 1 fully saturated rings. The van der Waals surface area contributed by atoms with Gasteiger partial charge in [-0.2, -0.15) is 0 Å². The van der Waals surface area contributed by atoms with Crippen molar-refractivity contribution >= 4 is 23.2 Å². The first kappa shape index (κ1) is 19.7. The molecule has 0 spiro atoms. The minimum absolute atomic E-state index is 0.0471. The fourth-order valence-corrected chi connectivity index (χ4v) is 3.35. The van der Waals surface area contributed by atoms with Crippen molar-refractivity contribution in [2.24, 2.45) is 5.92 Å². The maximum Gasteiger partial charge on any atom is 0.295 e. The van der Waals surface area contributed by atoms with Crippen molar-refractivity contribution in [1.82, 2.24) is 14.8 Å². The number of hydrogen-bond acceptors (Lipinski definition) is 4. The van der Waals surface area contributed by atoms with Crippen LogP contribution in [0.1, 0.15) is 23.5 Å². The number of amides is 2. The summed E-state index contributed by atoms with van der Waals surface area (Å²) in [5.74, 6) is 0.426. The summed E-state index contributed by atoms with van der Waals surface area (Å²) in [6.07, 6.45) is 1.90. The molecule has 0 radical (unpaired) electrons. The van der Waals surface area contributed by atoms with Crippen LogP contribution in [-0.2, 0) is 4.79 Å². The van der Waals surface area contributed by atoms with Crippen LogP contribution in [0.3, 0.4) is 0 Å². The molecule has 2 N–H and O–H groups in total. The molecule has 0 unspecified atom stereocenters. The second kappa shape index (κ2) is 8.47. The third-order valence-electron chi connectivity index (χ3n) is 5.20. The second-order valence-corrected chi connectivity index (χ2v) is 7.67. The largest absolute Gasteiger partial charge is 0.326 e. The molecule has 0 bridgehead atoms. The number of para-hydroxylation sites is 1. The highest BCUT2D eigenvalue weighted by Crippen LogP contribution is 2.30. The minimum atomic E-state index is -0.411. The van der Waals surface area contributed by atoms with E-state index in [0.29, 0.717) is 17.2 Å². The third kappa shape index (κ3) is 4.27. The Morgan fingerprint density at radius 2 is 1.38 bits per heavy atom. The van der Waals surface area contributed by atoms with Crippen molar-refractivity contribution < 1.29 is 9.59 Å². The van der Waals surface area contributed by atoms with Crippen molar-refractivity contribution in [2.75, 3.05) is 10.6 Å². The van der Waals surface area contributed by atoms with E-state index in [9.17, 15) is 9.59 Å². The number of carbonyl (C=O) groups is 2. The van der Waals surface area contributed by atoms with Crippen molar-refractivity contribution in [1.29, 1.82) is 0 Å². The van der Waals surface area contributed by atoms with Gasteiger partial charge in [-0.3, -0.25) is 9.59 Å². The van der Waals surface area contributed by atoms with Crippen LogP contribution in [-0.4, -0.2) is 26.6 Å². The van der Waals surface area contributed by atoms with E-state index in [4.69, 9.17) is 0 Å². The van der Waals surface area contributed by atoms with Crippen LogP contribution in [0.25, 0.3) is 17.1 Å². The molecule has 3 aromatic carbocycles. The molecule has 0 aliphatic heterocycles. The first-order chi connectivity index (χ1) is 15.7. The van der Waals surface area contributed by atoms with Crippen LogP contribution in [0.2, 0.25) is 0 Å². The van der Waals surface area contributed by atoms with Gasteiger partial charge in [0.1, 0.15) is 0 Å². The summed E-state index contributed by atoms with van der Waals surface area (Å²) < 4.78 is 1.67. The Balaban J connectivity index is 1.38. The van der Waals surface area contributed by atoms with Crippen LogP contribution in [0.4, 0.5) is 11.4 Å². The highest BCUT2D eigenvalue weighted by atomic mass is 16.2. The van der Waals surface area contributed by atoms with Gasteiger partial charge in [0.05, 0.1) is 5.69 Å². The predicted octanol–water partition coefficient (Wildman–Crippen LogP) is 4.54. The van der Waals surface area contributed by atoms with Gasteiger partial charge in [-0.1, -0.05) is 48.5 Å². The zero-order valence-electron chi connectivity index (χ0n) is 17.2. The van der Waals surface area contributed by atoms with E-state index in [2.05, 4.69) is 20.7 Å². The molecular weight excluding hydrogens is 402 g/mol. The molecule has 32 heavy (non-hydrogen) atoms. The molecular formula is C25H21N5O2. The van der Waals surface area contributed by atoms with E-state index >= 15 is 0 Å². The smallest absolute Gasteiger partial charge is 0.295 e. The van der Waals surface area contributed by atoms with Crippen molar-refractivity contribution in [3.8, 4) is 17.1 Å². The Kier molecular flexibility index (Phi) is 5.21. The van der Waals surface area contributed by atoms with Gasteiger partial charge in [0.15, 0.2) is 5.82 Å². The summed E-state index contributed by atoms with van der Waals surface area (Å²) in [5, 5.41) is 10.2. The molecule has 1 aliphatic carbocycles. The van der Waals surface area contributed by atoms with Crippen LogP contribution in [0.5, 0.6) is 0 Å². The summed E-state index contributed by atoms with van der Waals surface area (Å²) in [4.78, 5) is 29.3. The van der Waals surface area contributed by atoms with E-state index in [0.717, 1.165) is 24.1 Å². The maximum atomic E-state index is 12.9. The molecule has 1 aromatic heterocycles. The Morgan fingerprint density at radius 3 is 2.00 bits per heavy atom. The lowest BCUT2D eigenvalue weighted by Gasteiger charge is -2.06. The summed E-state index contributed by atoms with van der Waals surface area (Å²) in [6, 6.07) is 26.2. The number of nitrogens with zero attached hydrogens (tertiary/aromatic N) is 3. The highest BCUT2D eigenvalue weighted by molar-refractivity contribution is 6.02. The average molecular weight is 423 g/mol. The molecule has 158 valence electrons. The standard InChI is InChI=1S/C25H21N5O2/c31-24(18-11-12-18)26-19-13-15-20(16-14-19)27-25(32)22-28-23(17-7-3-1-4-8-17)30(29-22)21-9-5-2-6-10-21/h1-10,13-16,18H,11-12H2,(H,26,31)(H,27,32). The lowest BCUT2D eigenvalue weighted by molar-refractivity contribution is -0.117. The molecule has 0 atom stereocenters. The van der Waals surface area contributed by atoms with Crippen molar-refractivity contribution in [2.45, 2.75) is 12.8 Å². The normalized spacial score (nSPS) is 12.9. The van der Waals surface area contributed by atoms with E-state index in [1.54, 1.807) is 28.9 Å². The summed E-state index contributed by atoms with van der Waals surface area (Å²) in [5.41, 5.74) is 2.97. The number of carbonyl (C=O) groups excluding carboxylic acids is 2. The van der Waals surface area contributed by atoms with Gasteiger partial charge in [0.25, 0.3) is 5.91 Å². The average Bonchev–Trinajstić information content (AvgIpc) is 3.59. The van der Waals surface area contributed by atoms with Crippen LogP contribution in [0, 0.1) is 5.92 Å². The third-order valence-corrected chi connectivity index (χ3v) is 5.20. The molecule has 4 aromatic rings. The monoisotopic (exact) mass is 423 g/mol. The Labute approximate surface area is 185 Å². The molecule has 1 saturated carbocycles. The number of aromatic nitrogens is 3. The van der Waals surface area contributed by atoms with E-state index in [1.165, 1.54) is 0 Å². The van der Waals surface area contributed by atoms with Gasteiger partial charge >= 0.3 is 0 Å². The molecule has 0 saturated heterocycles. The summed E-state index contributed by atoms with van der Waals surface area (Å²) >= 11 is 0. The molecule has 7 heteroatoms. The Bertz CT molecular complexity index is 1190. The van der Waals surface area contributed by atoms with Gasteiger partial charge < -0.3 is 10.6 Å². The number of anilines is 2. The number of nitrogens with one attached hydrogen (secondary N) is 2. The quantitative estimate of drug-likeness (QED) is 0.477. The molecule has 5 rings (SSSR count). The van der Waals surface area contributed by atoms with E-state index in [-0.39, 0.29) is 17.6 Å². The number of rotatable bonds is 6. The fraction of sp³-hybridized carbons (Fsp3) is 0.120. The Hall–Kier alpha value is -4.26. The van der Waals surface area contributed by atoms with Gasteiger partial charge in [0, 0.05) is 22.9 Å². The number of hydrogen-bond donors (Lipinski definition) is 2. The Morgan fingerprint density at radius 1 is 0.781 bits per heavy atom. The topological polar surface area (TPSA) is 88.9 Å². The zero-order chi connectivity index (χ0) is 21.9. The SMILES string of the molecule is O=C(Nc1ccc(NC(=O)C2CC2)cc1)c1nc(-c2ccccc2)n(-c2ccccc2)n1. The lowest BCUT2D eigenvalue weighted by atomic mass is 10.2. The van der Waals surface area contributed by atoms with Gasteiger partial charge in [-0.05, 0) is 49.2 Å². The van der Waals surface area contributed by atoms with E-state index in [1.807, 2.05) is 60.7 Å².